The van der Waals surface area contributed by atoms with E-state index < -0.39 is 11.7 Å². The number of hydrogen-bond donors (Lipinski definition) is 1. The fourth-order valence-electron chi connectivity index (χ4n) is 1.57. The zero-order valence-corrected chi connectivity index (χ0v) is 9.63. The highest BCUT2D eigenvalue weighted by atomic mass is 19.1. The first-order valence-corrected chi connectivity index (χ1v) is 5.29. The summed E-state index contributed by atoms with van der Waals surface area (Å²) >= 11 is 0. The summed E-state index contributed by atoms with van der Waals surface area (Å²) in [5.41, 5.74) is 5.48. The second-order valence-corrected chi connectivity index (χ2v) is 3.50. The van der Waals surface area contributed by atoms with Crippen LogP contribution in [-0.2, 0) is 0 Å². The molecule has 0 bridgehead atoms. The van der Waals surface area contributed by atoms with Gasteiger partial charge in [0.05, 0.1) is 5.69 Å². The summed E-state index contributed by atoms with van der Waals surface area (Å²) in [6, 6.07) is 5.96. The van der Waals surface area contributed by atoms with Crippen molar-refractivity contribution in [3.05, 3.63) is 35.8 Å². The smallest absolute Gasteiger partial charge is 0.284 e. The number of aromatic nitrogens is 2. The SMILES string of the molecule is CCN(C(=O)c1nonc1N)c1ccccc1F. The van der Waals surface area contributed by atoms with Crippen molar-refractivity contribution >= 4 is 17.4 Å². The molecule has 0 unspecified atom stereocenters. The molecule has 1 aromatic heterocycles. The summed E-state index contributed by atoms with van der Waals surface area (Å²) in [7, 11) is 0. The summed E-state index contributed by atoms with van der Waals surface area (Å²) < 4.78 is 18.0. The van der Waals surface area contributed by atoms with Gasteiger partial charge in [0, 0.05) is 6.54 Å². The number of benzene rings is 1. The van der Waals surface area contributed by atoms with E-state index in [1.165, 1.54) is 17.0 Å². The molecule has 2 rings (SSSR count). The second-order valence-electron chi connectivity index (χ2n) is 3.50. The van der Waals surface area contributed by atoms with Gasteiger partial charge >= 0.3 is 0 Å². The van der Waals surface area contributed by atoms with Crippen LogP contribution < -0.4 is 10.6 Å². The third kappa shape index (κ3) is 2.02. The second kappa shape index (κ2) is 4.82. The Morgan fingerprint density at radius 3 is 2.72 bits per heavy atom. The minimum Gasteiger partial charge on any atom is -0.379 e. The number of nitrogen functional groups attached to an aromatic ring is 1. The number of rotatable bonds is 3. The molecule has 0 aliphatic carbocycles. The number of carbonyl (C=O) groups is 1. The van der Waals surface area contributed by atoms with Crippen molar-refractivity contribution in [2.45, 2.75) is 6.92 Å². The lowest BCUT2D eigenvalue weighted by Gasteiger charge is -2.20. The van der Waals surface area contributed by atoms with Gasteiger partial charge in [0.25, 0.3) is 5.91 Å². The van der Waals surface area contributed by atoms with Gasteiger partial charge in [-0.2, -0.15) is 0 Å². The minimum atomic E-state index is -0.554. The molecular formula is C11H11FN4O2. The van der Waals surface area contributed by atoms with E-state index in [-0.39, 0.29) is 23.7 Å². The molecule has 0 atom stereocenters. The first-order chi connectivity index (χ1) is 8.65. The van der Waals surface area contributed by atoms with Crippen molar-refractivity contribution in [2.24, 2.45) is 0 Å². The number of hydrogen-bond acceptors (Lipinski definition) is 5. The first-order valence-electron chi connectivity index (χ1n) is 5.29. The largest absolute Gasteiger partial charge is 0.379 e. The van der Waals surface area contributed by atoms with Gasteiger partial charge < -0.3 is 10.6 Å². The Balaban J connectivity index is 2.39. The number of nitrogens with zero attached hydrogens (tertiary/aromatic N) is 3. The van der Waals surface area contributed by atoms with Crippen molar-refractivity contribution in [2.75, 3.05) is 17.2 Å². The van der Waals surface area contributed by atoms with Crippen LogP contribution in [0.15, 0.2) is 28.9 Å². The quantitative estimate of drug-likeness (QED) is 0.891. The predicted octanol–water partition coefficient (Wildman–Crippen LogP) is 1.46. The van der Waals surface area contributed by atoms with Crippen LogP contribution in [0.4, 0.5) is 15.9 Å². The molecule has 6 nitrogen and oxygen atoms in total. The van der Waals surface area contributed by atoms with E-state index in [0.717, 1.165) is 0 Å². The molecule has 0 saturated carbocycles. The molecule has 0 radical (unpaired) electrons. The zero-order chi connectivity index (χ0) is 13.1. The van der Waals surface area contributed by atoms with E-state index in [1.807, 2.05) is 0 Å². The van der Waals surface area contributed by atoms with Crippen molar-refractivity contribution in [1.82, 2.24) is 10.3 Å². The molecule has 0 fully saturated rings. The molecule has 1 amide bonds. The molecule has 94 valence electrons. The molecule has 2 N–H and O–H groups in total. The van der Waals surface area contributed by atoms with E-state index in [1.54, 1.807) is 19.1 Å². The Hall–Kier alpha value is -2.44. The number of halogens is 1. The average molecular weight is 250 g/mol. The average Bonchev–Trinajstić information content (AvgIpc) is 2.78. The number of anilines is 2. The Morgan fingerprint density at radius 1 is 1.44 bits per heavy atom. The molecule has 7 heteroatoms. The van der Waals surface area contributed by atoms with E-state index >= 15 is 0 Å². The van der Waals surface area contributed by atoms with Gasteiger partial charge in [0.1, 0.15) is 5.82 Å². The minimum absolute atomic E-state index is 0.116. The standard InChI is InChI=1S/C11H11FN4O2/c1-2-16(8-6-4-3-5-7(8)12)11(17)9-10(13)15-18-14-9/h3-6H,2H2,1H3,(H2,13,15). The molecule has 0 aliphatic heterocycles. The molecule has 1 aromatic carbocycles. The van der Waals surface area contributed by atoms with Gasteiger partial charge in [0.2, 0.25) is 11.5 Å². The highest BCUT2D eigenvalue weighted by molar-refractivity contribution is 6.07. The van der Waals surface area contributed by atoms with Crippen molar-refractivity contribution in [3.63, 3.8) is 0 Å². The van der Waals surface area contributed by atoms with Crippen LogP contribution in [0.1, 0.15) is 17.4 Å². The van der Waals surface area contributed by atoms with E-state index in [4.69, 9.17) is 5.73 Å². The van der Waals surface area contributed by atoms with Crippen LogP contribution in [0, 0.1) is 5.82 Å². The fraction of sp³-hybridized carbons (Fsp3) is 0.182. The van der Waals surface area contributed by atoms with Gasteiger partial charge in [-0.1, -0.05) is 12.1 Å². The van der Waals surface area contributed by atoms with Gasteiger partial charge in [-0.15, -0.1) is 0 Å². The van der Waals surface area contributed by atoms with Gasteiger partial charge in [-0.05, 0) is 29.4 Å². The summed E-state index contributed by atoms with van der Waals surface area (Å²) in [6.45, 7) is 1.99. The highest BCUT2D eigenvalue weighted by Gasteiger charge is 2.24. The van der Waals surface area contributed by atoms with Crippen LogP contribution in [-0.4, -0.2) is 22.8 Å². The van der Waals surface area contributed by atoms with Crippen LogP contribution in [0.2, 0.25) is 0 Å². The summed E-state index contributed by atoms with van der Waals surface area (Å²) in [5.74, 6) is -1.17. The van der Waals surface area contributed by atoms with Gasteiger partial charge in [-0.25, -0.2) is 9.02 Å². The normalized spacial score (nSPS) is 10.3. The lowest BCUT2D eigenvalue weighted by Crippen LogP contribution is -2.32. The summed E-state index contributed by atoms with van der Waals surface area (Å²) in [6.07, 6.45) is 0. The van der Waals surface area contributed by atoms with Crippen molar-refractivity contribution in [1.29, 1.82) is 0 Å². The van der Waals surface area contributed by atoms with Crippen LogP contribution in [0.3, 0.4) is 0 Å². The number of carbonyl (C=O) groups excluding carboxylic acids is 1. The van der Waals surface area contributed by atoms with E-state index in [2.05, 4.69) is 14.9 Å². The number of para-hydroxylation sites is 1. The molecule has 2 aromatic rings. The Bertz CT molecular complexity index is 570. The molecule has 18 heavy (non-hydrogen) atoms. The molecule has 0 saturated heterocycles. The highest BCUT2D eigenvalue weighted by Crippen LogP contribution is 2.21. The number of nitrogens with two attached hydrogens (primary N) is 1. The zero-order valence-electron chi connectivity index (χ0n) is 9.63. The van der Waals surface area contributed by atoms with Crippen LogP contribution >= 0.6 is 0 Å². The topological polar surface area (TPSA) is 85.2 Å². The van der Waals surface area contributed by atoms with E-state index in [9.17, 15) is 9.18 Å². The molecule has 0 spiro atoms. The third-order valence-electron chi connectivity index (χ3n) is 2.42. The van der Waals surface area contributed by atoms with Crippen LogP contribution in [0.25, 0.3) is 0 Å². The van der Waals surface area contributed by atoms with E-state index in [0.29, 0.717) is 0 Å². The summed E-state index contributed by atoms with van der Waals surface area (Å²) in [4.78, 5) is 13.3. The fourth-order valence-corrected chi connectivity index (χ4v) is 1.57. The Labute approximate surface area is 102 Å². The van der Waals surface area contributed by atoms with Crippen molar-refractivity contribution in [3.8, 4) is 0 Å². The molecule has 1 heterocycles. The Morgan fingerprint density at radius 2 is 2.17 bits per heavy atom. The number of amides is 1. The first kappa shape index (κ1) is 12.0. The monoisotopic (exact) mass is 250 g/mol. The summed E-state index contributed by atoms with van der Waals surface area (Å²) in [5, 5.41) is 6.74. The lowest BCUT2D eigenvalue weighted by atomic mass is 10.2. The maximum absolute atomic E-state index is 13.6. The van der Waals surface area contributed by atoms with Gasteiger partial charge in [-0.3, -0.25) is 4.79 Å². The predicted molar refractivity (Wildman–Crippen MR) is 62.5 cm³/mol. The maximum atomic E-state index is 13.6. The maximum Gasteiger partial charge on any atom is 0.284 e. The van der Waals surface area contributed by atoms with Crippen LogP contribution in [0.5, 0.6) is 0 Å². The Kier molecular flexibility index (Phi) is 3.22. The third-order valence-corrected chi connectivity index (χ3v) is 2.42. The van der Waals surface area contributed by atoms with Gasteiger partial charge in [0.15, 0.2) is 0 Å². The molecular weight excluding hydrogens is 239 g/mol. The van der Waals surface area contributed by atoms with Crippen molar-refractivity contribution < 1.29 is 13.8 Å². The molecule has 0 aliphatic rings. The lowest BCUT2D eigenvalue weighted by molar-refractivity contribution is 0.0978.